The lowest BCUT2D eigenvalue weighted by Gasteiger charge is -2.10. The average Bonchev–Trinajstić information content (AvgIpc) is 3.01. The topological polar surface area (TPSA) is 80.6 Å². The summed E-state index contributed by atoms with van der Waals surface area (Å²) in [6, 6.07) is 5.13. The highest BCUT2D eigenvalue weighted by atomic mass is 32.2. The number of rotatable bonds is 6. The molecule has 0 fully saturated rings. The number of nitrogens with zero attached hydrogens (tertiary/aromatic N) is 2. The van der Waals surface area contributed by atoms with E-state index >= 15 is 0 Å². The van der Waals surface area contributed by atoms with Crippen LogP contribution in [-0.2, 0) is 4.79 Å². The van der Waals surface area contributed by atoms with Crippen LogP contribution in [0.5, 0.6) is 11.5 Å². The van der Waals surface area contributed by atoms with Crippen LogP contribution < -0.4 is 14.8 Å². The van der Waals surface area contributed by atoms with Crippen LogP contribution in [0.25, 0.3) is 4.85 Å². The molecule has 2 aromatic rings. The number of nitrogens with one attached hydrogen (secondary N) is 2. The number of aromatic amines is 1. The van der Waals surface area contributed by atoms with Gasteiger partial charge < -0.3 is 19.6 Å². The van der Waals surface area contributed by atoms with Gasteiger partial charge >= 0.3 is 0 Å². The zero-order valence-electron chi connectivity index (χ0n) is 12.0. The third kappa shape index (κ3) is 3.93. The van der Waals surface area contributed by atoms with Crippen molar-refractivity contribution >= 4 is 29.2 Å². The van der Waals surface area contributed by atoms with Gasteiger partial charge in [0.25, 0.3) is 0 Å². The van der Waals surface area contributed by atoms with Gasteiger partial charge in [-0.25, -0.2) is 4.98 Å². The first-order valence-corrected chi connectivity index (χ1v) is 7.22. The van der Waals surface area contributed by atoms with Crippen LogP contribution in [0, 0.1) is 6.57 Å². The Morgan fingerprint density at radius 3 is 2.82 bits per heavy atom. The zero-order chi connectivity index (χ0) is 15.9. The van der Waals surface area contributed by atoms with Crippen LogP contribution >= 0.6 is 11.8 Å². The van der Waals surface area contributed by atoms with Gasteiger partial charge in [-0.2, -0.15) is 0 Å². The Balaban J connectivity index is 1.93. The summed E-state index contributed by atoms with van der Waals surface area (Å²) in [5, 5.41) is 3.30. The summed E-state index contributed by atoms with van der Waals surface area (Å²) < 4.78 is 10.3. The monoisotopic (exact) mass is 318 g/mol. The van der Waals surface area contributed by atoms with E-state index in [2.05, 4.69) is 20.1 Å². The molecule has 114 valence electrons. The number of imidazole rings is 1. The molecule has 0 aliphatic rings. The predicted molar refractivity (Wildman–Crippen MR) is 83.7 cm³/mol. The van der Waals surface area contributed by atoms with Gasteiger partial charge in [0.2, 0.25) is 16.9 Å². The van der Waals surface area contributed by atoms with Crippen molar-refractivity contribution in [3.05, 3.63) is 35.8 Å². The quantitative estimate of drug-likeness (QED) is 0.632. The van der Waals surface area contributed by atoms with E-state index in [1.165, 1.54) is 25.1 Å². The molecule has 7 nitrogen and oxygen atoms in total. The highest BCUT2D eigenvalue weighted by Crippen LogP contribution is 2.29. The second-order valence-corrected chi connectivity index (χ2v) is 5.06. The molecule has 8 heteroatoms. The molecule has 0 radical (unpaired) electrons. The van der Waals surface area contributed by atoms with Crippen LogP contribution in [0.15, 0.2) is 29.6 Å². The van der Waals surface area contributed by atoms with Crippen molar-refractivity contribution in [3.8, 4) is 11.5 Å². The number of thioether (sulfide) groups is 1. The van der Waals surface area contributed by atoms with Crippen molar-refractivity contribution in [2.75, 3.05) is 25.3 Å². The largest absolute Gasteiger partial charge is 0.493 e. The van der Waals surface area contributed by atoms with E-state index in [-0.39, 0.29) is 11.7 Å². The molecule has 0 aliphatic carbocycles. The molecule has 0 spiro atoms. The number of carbonyl (C=O) groups excluding carboxylic acids is 1. The number of hydrogen-bond acceptors (Lipinski definition) is 5. The number of anilines is 1. The normalized spacial score (nSPS) is 9.86. The standard InChI is InChI=1S/C14H14N4O3S/c1-15-12-7-16-14(18-12)22-8-13(19)17-9-4-5-10(20-2)11(6-9)21-3/h4-7H,8H2,2-3H3,(H,16,18)(H,17,19). The van der Waals surface area contributed by atoms with E-state index in [0.29, 0.717) is 28.2 Å². The minimum absolute atomic E-state index is 0.180. The molecule has 2 N–H and O–H groups in total. The minimum atomic E-state index is -0.182. The fraction of sp³-hybridized carbons (Fsp3) is 0.214. The molecule has 1 amide bonds. The second-order valence-electron chi connectivity index (χ2n) is 4.09. The fourth-order valence-corrected chi connectivity index (χ4v) is 2.31. The van der Waals surface area contributed by atoms with Crippen molar-refractivity contribution < 1.29 is 14.3 Å². The number of amides is 1. The third-order valence-corrected chi connectivity index (χ3v) is 3.55. The van der Waals surface area contributed by atoms with Crippen LogP contribution in [0.4, 0.5) is 11.5 Å². The van der Waals surface area contributed by atoms with Crippen molar-refractivity contribution in [3.63, 3.8) is 0 Å². The summed E-state index contributed by atoms with van der Waals surface area (Å²) in [7, 11) is 3.08. The molecule has 0 atom stereocenters. The fourth-order valence-electron chi connectivity index (χ4n) is 1.67. The molecular weight excluding hydrogens is 304 g/mol. The van der Waals surface area contributed by atoms with Gasteiger partial charge in [0, 0.05) is 11.8 Å². The number of aromatic nitrogens is 2. The Morgan fingerprint density at radius 1 is 1.41 bits per heavy atom. The summed E-state index contributed by atoms with van der Waals surface area (Å²) in [5.74, 6) is 1.48. The number of ether oxygens (including phenoxy) is 2. The average molecular weight is 318 g/mol. The Hall–Kier alpha value is -2.66. The smallest absolute Gasteiger partial charge is 0.248 e. The van der Waals surface area contributed by atoms with Gasteiger partial charge in [0.15, 0.2) is 11.5 Å². The Morgan fingerprint density at radius 2 is 2.18 bits per heavy atom. The molecule has 0 saturated heterocycles. The van der Waals surface area contributed by atoms with Crippen LogP contribution in [0.2, 0.25) is 0 Å². The molecule has 0 bridgehead atoms. The number of H-pyrrole nitrogens is 1. The van der Waals surface area contributed by atoms with Crippen LogP contribution in [-0.4, -0.2) is 35.8 Å². The maximum absolute atomic E-state index is 11.9. The maximum atomic E-state index is 11.9. The lowest BCUT2D eigenvalue weighted by atomic mass is 10.2. The summed E-state index contributed by atoms with van der Waals surface area (Å²) >= 11 is 1.22. The SMILES string of the molecule is [C-]#[N+]c1cnc(SCC(=O)Nc2ccc(OC)c(OC)c2)[nH]1. The van der Waals surface area contributed by atoms with Crippen molar-refractivity contribution in [1.82, 2.24) is 9.97 Å². The summed E-state index contributed by atoms with van der Waals surface area (Å²) in [4.78, 5) is 21.9. The first kappa shape index (κ1) is 15.7. The van der Waals surface area contributed by atoms with E-state index in [1.54, 1.807) is 25.3 Å². The first-order chi connectivity index (χ1) is 10.7. The third-order valence-electron chi connectivity index (χ3n) is 2.67. The van der Waals surface area contributed by atoms with Crippen molar-refractivity contribution in [1.29, 1.82) is 0 Å². The molecule has 1 aromatic carbocycles. The van der Waals surface area contributed by atoms with E-state index < -0.39 is 0 Å². The minimum Gasteiger partial charge on any atom is -0.493 e. The highest BCUT2D eigenvalue weighted by Gasteiger charge is 2.10. The van der Waals surface area contributed by atoms with E-state index in [4.69, 9.17) is 16.0 Å². The number of hydrogen-bond donors (Lipinski definition) is 2. The molecule has 0 saturated carbocycles. The Labute approximate surface area is 131 Å². The Bertz CT molecular complexity index is 708. The van der Waals surface area contributed by atoms with E-state index in [9.17, 15) is 4.79 Å². The van der Waals surface area contributed by atoms with Gasteiger partial charge in [-0.1, -0.05) is 18.3 Å². The van der Waals surface area contributed by atoms with Gasteiger partial charge in [0.05, 0.1) is 26.2 Å². The Kier molecular flexibility index (Phi) is 5.27. The predicted octanol–water partition coefficient (Wildman–Crippen LogP) is 2.71. The van der Waals surface area contributed by atoms with E-state index in [0.717, 1.165) is 0 Å². The molecule has 0 unspecified atom stereocenters. The second kappa shape index (κ2) is 7.38. The summed E-state index contributed by atoms with van der Waals surface area (Å²) in [5.41, 5.74) is 0.615. The van der Waals surface area contributed by atoms with Crippen molar-refractivity contribution in [2.24, 2.45) is 0 Å². The lowest BCUT2D eigenvalue weighted by Crippen LogP contribution is -2.14. The first-order valence-electron chi connectivity index (χ1n) is 6.23. The zero-order valence-corrected chi connectivity index (χ0v) is 12.9. The summed E-state index contributed by atoms with van der Waals surface area (Å²) in [6.07, 6.45) is 1.43. The highest BCUT2D eigenvalue weighted by molar-refractivity contribution is 7.99. The summed E-state index contributed by atoms with van der Waals surface area (Å²) in [6.45, 7) is 6.84. The van der Waals surface area contributed by atoms with Gasteiger partial charge in [0.1, 0.15) is 0 Å². The van der Waals surface area contributed by atoms with Crippen molar-refractivity contribution in [2.45, 2.75) is 5.16 Å². The molecule has 1 heterocycles. The van der Waals surface area contributed by atoms with Crippen LogP contribution in [0.3, 0.4) is 0 Å². The molecular formula is C14H14N4O3S. The lowest BCUT2D eigenvalue weighted by molar-refractivity contribution is -0.113. The van der Waals surface area contributed by atoms with Gasteiger partial charge in [-0.3, -0.25) is 9.78 Å². The number of benzene rings is 1. The van der Waals surface area contributed by atoms with Crippen LogP contribution in [0.1, 0.15) is 0 Å². The van der Waals surface area contributed by atoms with E-state index in [1.807, 2.05) is 0 Å². The van der Waals surface area contributed by atoms with Gasteiger partial charge in [-0.15, -0.1) is 0 Å². The molecule has 1 aromatic heterocycles. The number of carbonyl (C=O) groups is 1. The molecule has 22 heavy (non-hydrogen) atoms. The van der Waals surface area contributed by atoms with Gasteiger partial charge in [-0.05, 0) is 12.1 Å². The number of methoxy groups -OCH3 is 2. The molecule has 0 aliphatic heterocycles. The maximum Gasteiger partial charge on any atom is 0.248 e. The molecule has 2 rings (SSSR count).